The summed E-state index contributed by atoms with van der Waals surface area (Å²) >= 11 is 0. The molecule has 3 rings (SSSR count). The summed E-state index contributed by atoms with van der Waals surface area (Å²) in [5.41, 5.74) is 0.792. The van der Waals surface area contributed by atoms with E-state index < -0.39 is 0 Å². The van der Waals surface area contributed by atoms with E-state index in [0.29, 0.717) is 11.0 Å². The lowest BCUT2D eigenvalue weighted by atomic mass is 9.92. The summed E-state index contributed by atoms with van der Waals surface area (Å²) in [7, 11) is 0. The largest absolute Gasteiger partial charge is 0.298 e. The van der Waals surface area contributed by atoms with E-state index in [0.717, 1.165) is 18.0 Å². The number of nitrogens with zero attached hydrogens (tertiary/aromatic N) is 3. The summed E-state index contributed by atoms with van der Waals surface area (Å²) in [6.45, 7) is 22.1. The second kappa shape index (κ2) is 6.31. The van der Waals surface area contributed by atoms with Crippen molar-refractivity contribution >= 4 is 0 Å². The number of piperidine rings is 1. The maximum absolute atomic E-state index is 2.83. The van der Waals surface area contributed by atoms with Crippen LogP contribution in [0.1, 0.15) is 60.8 Å². The molecule has 0 aromatic carbocycles. The van der Waals surface area contributed by atoms with Crippen molar-refractivity contribution in [3.8, 4) is 0 Å². The van der Waals surface area contributed by atoms with Crippen LogP contribution in [0.25, 0.3) is 0 Å². The normalized spacial score (nSPS) is 32.1. The van der Waals surface area contributed by atoms with Crippen LogP contribution in [0.15, 0.2) is 0 Å². The fourth-order valence-corrected chi connectivity index (χ4v) is 4.98. The SMILES string of the molecule is CC(C)(C)CN1C[C@@H]2C[C@H]1CN2CC1CCN(C(C)(C)C)CC1. The fourth-order valence-electron chi connectivity index (χ4n) is 4.98. The molecule has 0 aliphatic carbocycles. The van der Waals surface area contributed by atoms with Gasteiger partial charge >= 0.3 is 0 Å². The molecule has 2 atom stereocenters. The summed E-state index contributed by atoms with van der Waals surface area (Å²) < 4.78 is 0. The molecule has 3 heteroatoms. The van der Waals surface area contributed by atoms with Crippen molar-refractivity contribution in [2.45, 2.75) is 78.4 Å². The van der Waals surface area contributed by atoms with Gasteiger partial charge in [0.05, 0.1) is 0 Å². The number of likely N-dealkylation sites (tertiary alicyclic amines) is 3. The first-order chi connectivity index (χ1) is 10.6. The van der Waals surface area contributed by atoms with E-state index in [2.05, 4.69) is 56.2 Å². The Bertz CT molecular complexity index is 398. The fraction of sp³-hybridized carbons (Fsp3) is 1.00. The Morgan fingerprint density at radius 2 is 1.39 bits per heavy atom. The molecule has 2 bridgehead atoms. The van der Waals surface area contributed by atoms with Crippen LogP contribution in [0.5, 0.6) is 0 Å². The minimum absolute atomic E-state index is 0.352. The third-order valence-electron chi connectivity index (χ3n) is 6.20. The summed E-state index contributed by atoms with van der Waals surface area (Å²) in [6, 6.07) is 1.69. The summed E-state index contributed by atoms with van der Waals surface area (Å²) in [5.74, 6) is 0.934. The first kappa shape index (κ1) is 17.7. The molecule has 0 aromatic heterocycles. The van der Waals surface area contributed by atoms with E-state index in [1.807, 2.05) is 0 Å². The molecule has 3 saturated heterocycles. The number of piperazine rings is 1. The van der Waals surface area contributed by atoms with Gasteiger partial charge in [-0.15, -0.1) is 0 Å². The van der Waals surface area contributed by atoms with Gasteiger partial charge < -0.3 is 0 Å². The third-order valence-corrected chi connectivity index (χ3v) is 6.20. The van der Waals surface area contributed by atoms with E-state index in [1.54, 1.807) is 0 Å². The van der Waals surface area contributed by atoms with Crippen LogP contribution in [-0.4, -0.2) is 71.6 Å². The Morgan fingerprint density at radius 3 is 1.87 bits per heavy atom. The van der Waals surface area contributed by atoms with E-state index in [1.165, 1.54) is 58.5 Å². The zero-order valence-corrected chi connectivity index (χ0v) is 16.4. The zero-order chi connectivity index (χ0) is 16.8. The van der Waals surface area contributed by atoms with Crippen LogP contribution in [-0.2, 0) is 0 Å². The topological polar surface area (TPSA) is 9.72 Å². The average Bonchev–Trinajstić information content (AvgIpc) is 2.96. The molecule has 3 aliphatic rings. The molecule has 3 nitrogen and oxygen atoms in total. The number of hydrogen-bond acceptors (Lipinski definition) is 3. The minimum Gasteiger partial charge on any atom is -0.298 e. The van der Waals surface area contributed by atoms with Crippen molar-refractivity contribution in [2.75, 3.05) is 39.3 Å². The van der Waals surface area contributed by atoms with Crippen LogP contribution < -0.4 is 0 Å². The van der Waals surface area contributed by atoms with Gasteiger partial charge in [0, 0.05) is 43.8 Å². The minimum atomic E-state index is 0.352. The Labute approximate surface area is 144 Å². The molecule has 3 fully saturated rings. The van der Waals surface area contributed by atoms with Gasteiger partial charge in [0.15, 0.2) is 0 Å². The average molecular weight is 322 g/mol. The van der Waals surface area contributed by atoms with Gasteiger partial charge in [0.25, 0.3) is 0 Å². The van der Waals surface area contributed by atoms with E-state index in [-0.39, 0.29) is 0 Å². The predicted molar refractivity (Wildman–Crippen MR) is 98.8 cm³/mol. The maximum atomic E-state index is 2.83. The Hall–Kier alpha value is -0.120. The molecule has 0 N–H and O–H groups in total. The molecule has 0 unspecified atom stereocenters. The van der Waals surface area contributed by atoms with Crippen LogP contribution in [0, 0.1) is 11.3 Å². The molecule has 0 radical (unpaired) electrons. The highest BCUT2D eigenvalue weighted by Crippen LogP contribution is 2.34. The Kier molecular flexibility index (Phi) is 4.85. The third kappa shape index (κ3) is 4.29. The maximum Gasteiger partial charge on any atom is 0.0239 e. The molecule has 0 saturated carbocycles. The molecular weight excluding hydrogens is 282 g/mol. The standard InChI is InChI=1S/C20H39N3/c1-19(2,3)15-22-14-17-11-18(22)13-21(17)12-16-7-9-23(10-8-16)20(4,5)6/h16-18H,7-15H2,1-6H3/t17-,18-/m0/s1. The highest BCUT2D eigenvalue weighted by molar-refractivity contribution is 5.01. The van der Waals surface area contributed by atoms with Gasteiger partial charge in [-0.05, 0) is 64.5 Å². The lowest BCUT2D eigenvalue weighted by Crippen LogP contribution is -2.51. The molecule has 23 heavy (non-hydrogen) atoms. The number of hydrogen-bond donors (Lipinski definition) is 0. The summed E-state index contributed by atoms with van der Waals surface area (Å²) in [4.78, 5) is 8.27. The van der Waals surface area contributed by atoms with Crippen LogP contribution in [0.4, 0.5) is 0 Å². The van der Waals surface area contributed by atoms with Gasteiger partial charge in [-0.1, -0.05) is 20.8 Å². The Balaban J connectivity index is 1.44. The van der Waals surface area contributed by atoms with E-state index in [4.69, 9.17) is 0 Å². The smallest absolute Gasteiger partial charge is 0.0239 e. The monoisotopic (exact) mass is 321 g/mol. The zero-order valence-electron chi connectivity index (χ0n) is 16.4. The van der Waals surface area contributed by atoms with Crippen molar-refractivity contribution in [1.29, 1.82) is 0 Å². The van der Waals surface area contributed by atoms with Crippen molar-refractivity contribution < 1.29 is 0 Å². The molecule has 3 aliphatic heterocycles. The molecule has 134 valence electrons. The molecule has 0 amide bonds. The van der Waals surface area contributed by atoms with E-state index >= 15 is 0 Å². The van der Waals surface area contributed by atoms with E-state index in [9.17, 15) is 0 Å². The summed E-state index contributed by atoms with van der Waals surface area (Å²) in [5, 5.41) is 0. The summed E-state index contributed by atoms with van der Waals surface area (Å²) in [6.07, 6.45) is 4.23. The first-order valence-corrected chi connectivity index (χ1v) is 9.85. The quantitative estimate of drug-likeness (QED) is 0.790. The van der Waals surface area contributed by atoms with Crippen LogP contribution in [0.2, 0.25) is 0 Å². The van der Waals surface area contributed by atoms with Crippen LogP contribution >= 0.6 is 0 Å². The van der Waals surface area contributed by atoms with Gasteiger partial charge in [0.1, 0.15) is 0 Å². The number of rotatable bonds is 3. The van der Waals surface area contributed by atoms with Gasteiger partial charge in [-0.3, -0.25) is 14.7 Å². The predicted octanol–water partition coefficient (Wildman–Crippen LogP) is 3.30. The molecular formula is C20H39N3. The van der Waals surface area contributed by atoms with Crippen LogP contribution in [0.3, 0.4) is 0 Å². The molecule has 0 aromatic rings. The van der Waals surface area contributed by atoms with Gasteiger partial charge in [-0.2, -0.15) is 0 Å². The number of fused-ring (bicyclic) bond motifs is 2. The Morgan fingerprint density at radius 1 is 0.826 bits per heavy atom. The van der Waals surface area contributed by atoms with Crippen molar-refractivity contribution in [3.63, 3.8) is 0 Å². The van der Waals surface area contributed by atoms with Gasteiger partial charge in [-0.25, -0.2) is 0 Å². The second-order valence-electron chi connectivity index (χ2n) is 10.6. The van der Waals surface area contributed by atoms with Crippen molar-refractivity contribution in [2.24, 2.45) is 11.3 Å². The van der Waals surface area contributed by atoms with Gasteiger partial charge in [0.2, 0.25) is 0 Å². The molecule has 3 heterocycles. The first-order valence-electron chi connectivity index (χ1n) is 9.85. The van der Waals surface area contributed by atoms with Crippen molar-refractivity contribution in [3.05, 3.63) is 0 Å². The van der Waals surface area contributed by atoms with Crippen molar-refractivity contribution in [1.82, 2.24) is 14.7 Å². The molecule has 0 spiro atoms. The highest BCUT2D eigenvalue weighted by atomic mass is 15.4. The lowest BCUT2D eigenvalue weighted by molar-refractivity contribution is 0.0538. The highest BCUT2D eigenvalue weighted by Gasteiger charge is 2.44. The second-order valence-corrected chi connectivity index (χ2v) is 10.6. The lowest BCUT2D eigenvalue weighted by Gasteiger charge is -2.43.